The first-order chi connectivity index (χ1) is 9.60. The summed E-state index contributed by atoms with van der Waals surface area (Å²) in [6, 6.07) is 8.31. The Bertz CT molecular complexity index is 522. The van der Waals surface area contributed by atoms with Gasteiger partial charge >= 0.3 is 0 Å². The standard InChI is InChI=1S/C16H23N3O/c1-15(14(20)18-17)13-8-4-3-7-12(13)11-16(19-15)9-5-2-6-10-16/h3-4,7-8,19H,2,5-6,9-11,17H2,1H3,(H,18,20)/p+1/t15-/m1/s1. The van der Waals surface area contributed by atoms with E-state index in [2.05, 4.69) is 28.9 Å². The molecule has 1 aliphatic heterocycles. The van der Waals surface area contributed by atoms with E-state index in [9.17, 15) is 4.79 Å². The van der Waals surface area contributed by atoms with Gasteiger partial charge < -0.3 is 5.32 Å². The van der Waals surface area contributed by atoms with Crippen LogP contribution in [0.5, 0.6) is 0 Å². The summed E-state index contributed by atoms with van der Waals surface area (Å²) < 4.78 is 0. The van der Waals surface area contributed by atoms with Crippen LogP contribution in [0.4, 0.5) is 0 Å². The van der Waals surface area contributed by atoms with Crippen LogP contribution >= 0.6 is 0 Å². The Morgan fingerprint density at radius 3 is 2.65 bits per heavy atom. The van der Waals surface area contributed by atoms with Gasteiger partial charge in [-0.3, -0.25) is 10.2 Å². The molecular formula is C16H24N3O+. The fourth-order valence-corrected chi connectivity index (χ4v) is 4.22. The Balaban J connectivity index is 2.07. The van der Waals surface area contributed by atoms with Gasteiger partial charge in [-0.2, -0.15) is 0 Å². The van der Waals surface area contributed by atoms with Crippen molar-refractivity contribution in [2.45, 2.75) is 56.5 Å². The van der Waals surface area contributed by atoms with Crippen molar-refractivity contribution < 1.29 is 10.1 Å². The molecule has 1 amide bonds. The minimum absolute atomic E-state index is 0.102. The molecule has 1 aromatic rings. The highest BCUT2D eigenvalue weighted by atomic mass is 16.2. The zero-order valence-electron chi connectivity index (χ0n) is 12.1. The summed E-state index contributed by atoms with van der Waals surface area (Å²) in [5.41, 5.74) is 4.35. The van der Waals surface area contributed by atoms with Gasteiger partial charge in [0.15, 0.2) is 5.54 Å². The number of nitrogens with one attached hydrogen (secondary N) is 1. The zero-order chi connectivity index (χ0) is 14.2. The van der Waals surface area contributed by atoms with Gasteiger partial charge in [0.1, 0.15) is 5.54 Å². The van der Waals surface area contributed by atoms with Crippen molar-refractivity contribution in [1.82, 2.24) is 5.43 Å². The van der Waals surface area contributed by atoms with Crippen molar-refractivity contribution in [3.05, 3.63) is 35.4 Å². The Morgan fingerprint density at radius 1 is 1.25 bits per heavy atom. The highest BCUT2D eigenvalue weighted by Gasteiger charge is 2.52. The van der Waals surface area contributed by atoms with E-state index in [4.69, 9.17) is 5.84 Å². The number of quaternary nitrogens is 1. The number of amides is 1. The minimum Gasteiger partial charge on any atom is -0.325 e. The van der Waals surface area contributed by atoms with Crippen LogP contribution in [0.3, 0.4) is 0 Å². The second kappa shape index (κ2) is 4.86. The number of rotatable bonds is 1. The number of hydrogen-bond acceptors (Lipinski definition) is 2. The smallest absolute Gasteiger partial charge is 0.299 e. The number of nitrogens with two attached hydrogens (primary N) is 2. The fourth-order valence-electron chi connectivity index (χ4n) is 4.22. The quantitative estimate of drug-likeness (QED) is 0.401. The van der Waals surface area contributed by atoms with Crippen LogP contribution in [0, 0.1) is 0 Å². The lowest BCUT2D eigenvalue weighted by atomic mass is 9.69. The van der Waals surface area contributed by atoms with Gasteiger partial charge in [0.05, 0.1) is 0 Å². The van der Waals surface area contributed by atoms with Gasteiger partial charge in [0.25, 0.3) is 5.91 Å². The number of fused-ring (bicyclic) bond motifs is 1. The number of carbonyl (C=O) groups is 1. The van der Waals surface area contributed by atoms with Crippen molar-refractivity contribution in [3.63, 3.8) is 0 Å². The van der Waals surface area contributed by atoms with Crippen molar-refractivity contribution in [2.75, 3.05) is 0 Å². The van der Waals surface area contributed by atoms with Crippen molar-refractivity contribution in [2.24, 2.45) is 5.84 Å². The van der Waals surface area contributed by atoms with Crippen LogP contribution in [0.1, 0.15) is 50.2 Å². The number of carbonyl (C=O) groups excluding carboxylic acids is 1. The van der Waals surface area contributed by atoms with Gasteiger partial charge in [-0.25, -0.2) is 5.84 Å². The van der Waals surface area contributed by atoms with Gasteiger partial charge in [-0.15, -0.1) is 0 Å². The van der Waals surface area contributed by atoms with Crippen LogP contribution in [-0.2, 0) is 16.8 Å². The average molecular weight is 274 g/mol. The Labute approximate surface area is 120 Å². The van der Waals surface area contributed by atoms with Gasteiger partial charge in [0.2, 0.25) is 0 Å². The Hall–Kier alpha value is -1.39. The van der Waals surface area contributed by atoms with E-state index in [1.54, 1.807) is 0 Å². The molecule has 3 rings (SSSR count). The average Bonchev–Trinajstić information content (AvgIpc) is 2.47. The Kier molecular flexibility index (Phi) is 3.30. The summed E-state index contributed by atoms with van der Waals surface area (Å²) in [6.45, 7) is 2.00. The lowest BCUT2D eigenvalue weighted by Gasteiger charge is -2.46. The maximum atomic E-state index is 12.4. The molecule has 1 atom stereocenters. The Morgan fingerprint density at radius 2 is 1.95 bits per heavy atom. The molecule has 1 saturated carbocycles. The third-order valence-electron chi connectivity index (χ3n) is 5.17. The second-order valence-corrected chi connectivity index (χ2v) is 6.58. The van der Waals surface area contributed by atoms with Crippen LogP contribution in [0.2, 0.25) is 0 Å². The first-order valence-corrected chi connectivity index (χ1v) is 7.56. The van der Waals surface area contributed by atoms with E-state index >= 15 is 0 Å². The van der Waals surface area contributed by atoms with Crippen LogP contribution < -0.4 is 16.6 Å². The van der Waals surface area contributed by atoms with Crippen LogP contribution in [0.25, 0.3) is 0 Å². The van der Waals surface area contributed by atoms with Gasteiger partial charge in [-0.05, 0) is 18.4 Å². The summed E-state index contributed by atoms with van der Waals surface area (Å²) in [7, 11) is 0. The molecule has 0 aromatic heterocycles. The molecule has 1 aromatic carbocycles. The van der Waals surface area contributed by atoms with E-state index in [1.807, 2.05) is 13.0 Å². The molecule has 1 fully saturated rings. The molecule has 20 heavy (non-hydrogen) atoms. The molecule has 108 valence electrons. The number of benzene rings is 1. The topological polar surface area (TPSA) is 71.7 Å². The van der Waals surface area contributed by atoms with Crippen molar-refractivity contribution in [1.29, 1.82) is 0 Å². The summed E-state index contributed by atoms with van der Waals surface area (Å²) >= 11 is 0. The molecule has 1 spiro atoms. The minimum atomic E-state index is -0.610. The summed E-state index contributed by atoms with van der Waals surface area (Å²) in [5, 5.41) is 2.30. The summed E-state index contributed by atoms with van der Waals surface area (Å²) in [6.07, 6.45) is 7.29. The molecule has 1 aliphatic carbocycles. The fraction of sp³-hybridized carbons (Fsp3) is 0.562. The SMILES string of the molecule is C[C@@]1(C(=O)NN)[NH2+]C2(CCCCC2)Cc2ccccc21. The van der Waals surface area contributed by atoms with Gasteiger partial charge in [-0.1, -0.05) is 30.7 Å². The lowest BCUT2D eigenvalue weighted by Crippen LogP contribution is -3.08. The number of hydrogen-bond donors (Lipinski definition) is 3. The van der Waals surface area contributed by atoms with Crippen molar-refractivity contribution >= 4 is 5.91 Å². The first kappa shape index (κ1) is 13.6. The van der Waals surface area contributed by atoms with E-state index < -0.39 is 5.54 Å². The molecule has 4 nitrogen and oxygen atoms in total. The monoisotopic (exact) mass is 274 g/mol. The van der Waals surface area contributed by atoms with Crippen molar-refractivity contribution in [3.8, 4) is 0 Å². The molecular weight excluding hydrogens is 250 g/mol. The number of hydrazine groups is 1. The molecule has 5 N–H and O–H groups in total. The maximum absolute atomic E-state index is 12.4. The predicted octanol–water partition coefficient (Wildman–Crippen LogP) is 0.714. The first-order valence-electron chi connectivity index (χ1n) is 7.56. The van der Waals surface area contributed by atoms with E-state index in [0.717, 1.165) is 12.0 Å². The normalized spacial score (nSPS) is 27.9. The van der Waals surface area contributed by atoms with Gasteiger partial charge in [0, 0.05) is 31.7 Å². The third kappa shape index (κ3) is 2.03. The second-order valence-electron chi connectivity index (χ2n) is 6.58. The van der Waals surface area contributed by atoms with E-state index in [0.29, 0.717) is 0 Å². The molecule has 2 aliphatic rings. The lowest BCUT2D eigenvalue weighted by molar-refractivity contribution is -0.788. The molecule has 4 heteroatoms. The summed E-state index contributed by atoms with van der Waals surface area (Å²) in [5.74, 6) is 5.34. The highest BCUT2D eigenvalue weighted by molar-refractivity contribution is 5.85. The highest BCUT2D eigenvalue weighted by Crippen LogP contribution is 2.36. The molecule has 0 saturated heterocycles. The third-order valence-corrected chi connectivity index (χ3v) is 5.17. The predicted molar refractivity (Wildman–Crippen MR) is 77.6 cm³/mol. The van der Waals surface area contributed by atoms with E-state index in [-0.39, 0.29) is 11.4 Å². The maximum Gasteiger partial charge on any atom is 0.299 e. The summed E-state index contributed by atoms with van der Waals surface area (Å²) in [4.78, 5) is 12.4. The van der Waals surface area contributed by atoms with E-state index in [1.165, 1.54) is 37.7 Å². The zero-order valence-corrected chi connectivity index (χ0v) is 12.1. The van der Waals surface area contributed by atoms with Crippen LogP contribution in [-0.4, -0.2) is 11.4 Å². The largest absolute Gasteiger partial charge is 0.325 e. The molecule has 0 radical (unpaired) electrons. The molecule has 0 unspecified atom stereocenters. The molecule has 1 heterocycles. The molecule has 0 bridgehead atoms. The van der Waals surface area contributed by atoms with Crippen LogP contribution in [0.15, 0.2) is 24.3 Å².